The first-order chi connectivity index (χ1) is 17.9. The van der Waals surface area contributed by atoms with Crippen molar-refractivity contribution in [3.63, 3.8) is 0 Å². The van der Waals surface area contributed by atoms with Crippen molar-refractivity contribution in [2.24, 2.45) is 0 Å². The van der Waals surface area contributed by atoms with Crippen LogP contribution in [0, 0.1) is 6.92 Å². The molecular formula is C27H28Cl3N3O4S. The number of benzene rings is 3. The molecule has 0 saturated carbocycles. The summed E-state index contributed by atoms with van der Waals surface area (Å²) in [6.07, 6.45) is 0. The number of likely N-dealkylation sites (N-methyl/N-ethyl adjacent to an activating group) is 1. The highest BCUT2D eigenvalue weighted by Gasteiger charge is 2.32. The number of hydrogen-bond acceptors (Lipinski definition) is 4. The van der Waals surface area contributed by atoms with E-state index in [1.54, 1.807) is 50.2 Å². The molecule has 0 radical (unpaired) electrons. The van der Waals surface area contributed by atoms with Crippen LogP contribution in [0.25, 0.3) is 0 Å². The predicted molar refractivity (Wildman–Crippen MR) is 152 cm³/mol. The van der Waals surface area contributed by atoms with Crippen molar-refractivity contribution in [1.82, 2.24) is 10.2 Å². The number of sulfonamides is 1. The normalized spacial score (nSPS) is 12.1. The van der Waals surface area contributed by atoms with Crippen molar-refractivity contribution in [3.8, 4) is 0 Å². The van der Waals surface area contributed by atoms with Crippen LogP contribution in [0.4, 0.5) is 5.69 Å². The summed E-state index contributed by atoms with van der Waals surface area (Å²) in [4.78, 5) is 27.9. The largest absolute Gasteiger partial charge is 0.355 e. The second kappa shape index (κ2) is 12.8. The summed E-state index contributed by atoms with van der Waals surface area (Å²) in [6.45, 7) is 4.96. The van der Waals surface area contributed by atoms with Gasteiger partial charge in [-0.05, 0) is 80.4 Å². The average molecular weight is 597 g/mol. The highest BCUT2D eigenvalue weighted by atomic mass is 35.5. The smallest absolute Gasteiger partial charge is 0.264 e. The molecule has 3 aromatic rings. The summed E-state index contributed by atoms with van der Waals surface area (Å²) >= 11 is 18.4. The van der Waals surface area contributed by atoms with Gasteiger partial charge >= 0.3 is 0 Å². The number of amides is 2. The van der Waals surface area contributed by atoms with Gasteiger partial charge in [-0.25, -0.2) is 8.42 Å². The molecule has 1 N–H and O–H groups in total. The SMILES string of the molecule is CCNC(=O)C(C)N(Cc1ccc(Cl)cc1Cl)C(=O)CN(c1cccc(C)c1)S(=O)(=O)c1ccc(Cl)cc1. The summed E-state index contributed by atoms with van der Waals surface area (Å²) in [7, 11) is -4.18. The van der Waals surface area contributed by atoms with Gasteiger partial charge in [-0.2, -0.15) is 0 Å². The Hall–Kier alpha value is -2.78. The molecule has 3 aromatic carbocycles. The Kier molecular flexibility index (Phi) is 10.1. The molecule has 0 bridgehead atoms. The lowest BCUT2D eigenvalue weighted by molar-refractivity contribution is -0.139. The van der Waals surface area contributed by atoms with E-state index in [2.05, 4.69) is 5.32 Å². The molecule has 202 valence electrons. The number of nitrogens with zero attached hydrogens (tertiary/aromatic N) is 2. The van der Waals surface area contributed by atoms with Gasteiger partial charge < -0.3 is 10.2 Å². The van der Waals surface area contributed by atoms with Gasteiger partial charge in [-0.15, -0.1) is 0 Å². The van der Waals surface area contributed by atoms with Crippen LogP contribution in [0.2, 0.25) is 15.1 Å². The first kappa shape index (κ1) is 29.8. The molecule has 1 atom stereocenters. The molecule has 0 heterocycles. The maximum Gasteiger partial charge on any atom is 0.264 e. The van der Waals surface area contributed by atoms with Crippen molar-refractivity contribution in [2.75, 3.05) is 17.4 Å². The highest BCUT2D eigenvalue weighted by Crippen LogP contribution is 2.27. The molecule has 11 heteroatoms. The first-order valence-corrected chi connectivity index (χ1v) is 14.4. The Labute approximate surface area is 238 Å². The number of nitrogens with one attached hydrogen (secondary N) is 1. The summed E-state index contributed by atoms with van der Waals surface area (Å²) in [5, 5.41) is 3.84. The third-order valence-electron chi connectivity index (χ3n) is 5.84. The number of rotatable bonds is 10. The van der Waals surface area contributed by atoms with Gasteiger partial charge in [0.1, 0.15) is 12.6 Å². The van der Waals surface area contributed by atoms with Crippen molar-refractivity contribution in [1.29, 1.82) is 0 Å². The van der Waals surface area contributed by atoms with Crippen molar-refractivity contribution < 1.29 is 18.0 Å². The van der Waals surface area contributed by atoms with E-state index in [4.69, 9.17) is 34.8 Å². The minimum Gasteiger partial charge on any atom is -0.355 e. The van der Waals surface area contributed by atoms with Gasteiger partial charge in [-0.3, -0.25) is 13.9 Å². The number of aryl methyl sites for hydroxylation is 1. The average Bonchev–Trinajstić information content (AvgIpc) is 2.86. The van der Waals surface area contributed by atoms with E-state index in [0.717, 1.165) is 9.87 Å². The maximum atomic E-state index is 13.8. The fourth-order valence-corrected chi connectivity index (χ4v) is 5.78. The standard InChI is InChI=1S/C27H28Cl3N3O4S/c1-4-31-27(35)19(3)32(16-20-8-9-22(29)15-25(20)30)26(34)17-33(23-7-5-6-18(2)14-23)38(36,37)24-12-10-21(28)11-13-24/h5-15,19H,4,16-17H2,1-3H3,(H,31,35). The molecule has 0 spiro atoms. The molecule has 3 rings (SSSR count). The van der Waals surface area contributed by atoms with Crippen LogP contribution >= 0.6 is 34.8 Å². The molecule has 0 aliphatic rings. The molecule has 7 nitrogen and oxygen atoms in total. The molecule has 38 heavy (non-hydrogen) atoms. The first-order valence-electron chi connectivity index (χ1n) is 11.8. The van der Waals surface area contributed by atoms with Gasteiger partial charge in [0.05, 0.1) is 10.6 Å². The van der Waals surface area contributed by atoms with Crippen LogP contribution in [0.5, 0.6) is 0 Å². The maximum absolute atomic E-state index is 13.8. The molecule has 2 amide bonds. The van der Waals surface area contributed by atoms with Crippen LogP contribution in [0.15, 0.2) is 71.6 Å². The number of hydrogen-bond donors (Lipinski definition) is 1. The summed E-state index contributed by atoms with van der Waals surface area (Å²) in [6, 6.07) is 16.5. The van der Waals surface area contributed by atoms with Gasteiger partial charge in [0.2, 0.25) is 11.8 Å². The Morgan fingerprint density at radius 3 is 2.21 bits per heavy atom. The van der Waals surface area contributed by atoms with E-state index in [0.29, 0.717) is 32.9 Å². The zero-order valence-electron chi connectivity index (χ0n) is 21.1. The van der Waals surface area contributed by atoms with Crippen molar-refractivity contribution in [2.45, 2.75) is 38.3 Å². The predicted octanol–water partition coefficient (Wildman–Crippen LogP) is 5.70. The zero-order valence-corrected chi connectivity index (χ0v) is 24.2. The molecule has 0 aliphatic carbocycles. The van der Waals surface area contributed by atoms with E-state index in [9.17, 15) is 18.0 Å². The molecular weight excluding hydrogens is 569 g/mol. The van der Waals surface area contributed by atoms with Gasteiger partial charge in [0, 0.05) is 28.2 Å². The van der Waals surface area contributed by atoms with Crippen LogP contribution in [-0.2, 0) is 26.2 Å². The Bertz CT molecular complexity index is 1420. The third kappa shape index (κ3) is 7.20. The highest BCUT2D eigenvalue weighted by molar-refractivity contribution is 7.92. The molecule has 0 fully saturated rings. The fraction of sp³-hybridized carbons (Fsp3) is 0.259. The second-order valence-corrected chi connectivity index (χ2v) is 11.8. The van der Waals surface area contributed by atoms with E-state index >= 15 is 0 Å². The van der Waals surface area contributed by atoms with Gasteiger partial charge in [-0.1, -0.05) is 53.0 Å². The number of halogens is 3. The third-order valence-corrected chi connectivity index (χ3v) is 8.47. The summed E-state index contributed by atoms with van der Waals surface area (Å²) < 4.78 is 28.6. The molecule has 0 aromatic heterocycles. The van der Waals surface area contributed by atoms with Crippen molar-refractivity contribution >= 4 is 62.3 Å². The minimum absolute atomic E-state index is 0.0275. The molecule has 0 aliphatic heterocycles. The van der Waals surface area contributed by atoms with E-state index in [1.165, 1.54) is 29.2 Å². The van der Waals surface area contributed by atoms with Crippen molar-refractivity contribution in [3.05, 3.63) is 92.9 Å². The second-order valence-electron chi connectivity index (χ2n) is 8.63. The number of carbonyl (C=O) groups excluding carboxylic acids is 2. The van der Waals surface area contributed by atoms with Crippen LogP contribution < -0.4 is 9.62 Å². The van der Waals surface area contributed by atoms with Gasteiger partial charge in [0.15, 0.2) is 0 Å². The lowest BCUT2D eigenvalue weighted by Crippen LogP contribution is -2.51. The lowest BCUT2D eigenvalue weighted by Gasteiger charge is -2.32. The van der Waals surface area contributed by atoms with E-state index < -0.39 is 28.5 Å². The van der Waals surface area contributed by atoms with Crippen LogP contribution in [0.1, 0.15) is 25.0 Å². The number of carbonyl (C=O) groups is 2. The quantitative estimate of drug-likeness (QED) is 0.325. The van der Waals surface area contributed by atoms with E-state index in [1.807, 2.05) is 13.0 Å². The van der Waals surface area contributed by atoms with Gasteiger partial charge in [0.25, 0.3) is 10.0 Å². The Morgan fingerprint density at radius 1 is 0.947 bits per heavy atom. The zero-order chi connectivity index (χ0) is 28.0. The lowest BCUT2D eigenvalue weighted by atomic mass is 10.1. The minimum atomic E-state index is -4.18. The van der Waals surface area contributed by atoms with Crippen LogP contribution in [0.3, 0.4) is 0 Å². The molecule has 1 unspecified atom stereocenters. The van der Waals surface area contributed by atoms with E-state index in [-0.39, 0.29) is 17.3 Å². The monoisotopic (exact) mass is 595 g/mol. The van der Waals surface area contributed by atoms with Crippen LogP contribution in [-0.4, -0.2) is 44.3 Å². The number of anilines is 1. The fourth-order valence-electron chi connectivity index (χ4n) is 3.78. The Balaban J connectivity index is 2.05. The molecule has 0 saturated heterocycles. The Morgan fingerprint density at radius 2 is 1.61 bits per heavy atom. The topological polar surface area (TPSA) is 86.8 Å². The summed E-state index contributed by atoms with van der Waals surface area (Å²) in [5.74, 6) is -0.970. The summed E-state index contributed by atoms with van der Waals surface area (Å²) in [5.41, 5.74) is 1.68.